The standard InChI is InChI=1S/C16H30N2O3/c1-15(2,8-6-13(19)20)9-10-17-14(21)18-12-5-7-16(3,4)11-12/h12H,5-11H2,1-4H3,(H,19,20)(H2,17,18,21). The third-order valence-corrected chi connectivity index (χ3v) is 4.41. The van der Waals surface area contributed by atoms with Gasteiger partial charge < -0.3 is 15.7 Å². The Morgan fingerprint density at radius 1 is 1.29 bits per heavy atom. The smallest absolute Gasteiger partial charge is 0.315 e. The van der Waals surface area contributed by atoms with Crippen molar-refractivity contribution in [1.82, 2.24) is 10.6 Å². The van der Waals surface area contributed by atoms with Gasteiger partial charge in [0.1, 0.15) is 0 Å². The second-order valence-electron chi connectivity index (χ2n) is 7.81. The van der Waals surface area contributed by atoms with Gasteiger partial charge in [-0.25, -0.2) is 4.79 Å². The first kappa shape index (κ1) is 17.8. The Bertz CT molecular complexity index is 378. The molecule has 0 aromatic heterocycles. The Balaban J connectivity index is 2.20. The van der Waals surface area contributed by atoms with Crippen LogP contribution >= 0.6 is 0 Å². The second-order valence-corrected chi connectivity index (χ2v) is 7.81. The highest BCUT2D eigenvalue weighted by Gasteiger charge is 2.31. The van der Waals surface area contributed by atoms with E-state index in [-0.39, 0.29) is 23.9 Å². The molecule has 0 heterocycles. The molecule has 1 fully saturated rings. The fraction of sp³-hybridized carbons (Fsp3) is 0.875. The summed E-state index contributed by atoms with van der Waals surface area (Å²) in [6, 6.07) is 0.173. The van der Waals surface area contributed by atoms with E-state index in [9.17, 15) is 9.59 Å². The molecule has 1 aliphatic carbocycles. The predicted octanol–water partition coefficient (Wildman–Crippen LogP) is 3.15. The molecule has 0 aromatic rings. The van der Waals surface area contributed by atoms with Crippen LogP contribution in [0.5, 0.6) is 0 Å². The fourth-order valence-corrected chi connectivity index (χ4v) is 2.88. The van der Waals surface area contributed by atoms with Crippen molar-refractivity contribution in [3.05, 3.63) is 0 Å². The van der Waals surface area contributed by atoms with E-state index in [0.29, 0.717) is 18.4 Å². The number of carbonyl (C=O) groups excluding carboxylic acids is 1. The number of hydrogen-bond donors (Lipinski definition) is 3. The molecule has 3 N–H and O–H groups in total. The van der Waals surface area contributed by atoms with E-state index in [4.69, 9.17) is 5.11 Å². The van der Waals surface area contributed by atoms with Crippen LogP contribution in [-0.4, -0.2) is 29.7 Å². The fourth-order valence-electron chi connectivity index (χ4n) is 2.88. The van der Waals surface area contributed by atoms with E-state index in [2.05, 4.69) is 24.5 Å². The summed E-state index contributed by atoms with van der Waals surface area (Å²) in [5.41, 5.74) is 0.262. The molecule has 0 aliphatic heterocycles. The van der Waals surface area contributed by atoms with Crippen molar-refractivity contribution in [2.24, 2.45) is 10.8 Å². The summed E-state index contributed by atoms with van der Waals surface area (Å²) in [6.45, 7) is 9.12. The first-order valence-corrected chi connectivity index (χ1v) is 7.86. The van der Waals surface area contributed by atoms with E-state index in [0.717, 1.165) is 25.7 Å². The largest absolute Gasteiger partial charge is 0.481 e. The highest BCUT2D eigenvalue weighted by Crippen LogP contribution is 2.36. The third-order valence-electron chi connectivity index (χ3n) is 4.41. The molecule has 122 valence electrons. The van der Waals surface area contributed by atoms with Crippen LogP contribution in [0.3, 0.4) is 0 Å². The zero-order valence-corrected chi connectivity index (χ0v) is 13.8. The average Bonchev–Trinajstić information content (AvgIpc) is 2.66. The third kappa shape index (κ3) is 7.34. The van der Waals surface area contributed by atoms with Gasteiger partial charge in [-0.1, -0.05) is 27.7 Å². The van der Waals surface area contributed by atoms with Gasteiger partial charge in [-0.2, -0.15) is 0 Å². The van der Waals surface area contributed by atoms with Crippen LogP contribution in [0.4, 0.5) is 4.79 Å². The lowest BCUT2D eigenvalue weighted by atomic mass is 9.84. The summed E-state index contributed by atoms with van der Waals surface area (Å²) in [5.74, 6) is -0.766. The van der Waals surface area contributed by atoms with E-state index in [1.807, 2.05) is 13.8 Å². The van der Waals surface area contributed by atoms with Crippen LogP contribution in [0.15, 0.2) is 0 Å². The minimum atomic E-state index is -0.766. The molecule has 1 unspecified atom stereocenters. The molecule has 1 rings (SSSR count). The van der Waals surface area contributed by atoms with Gasteiger partial charge in [-0.3, -0.25) is 4.79 Å². The van der Waals surface area contributed by atoms with Gasteiger partial charge in [-0.05, 0) is 42.9 Å². The number of carboxylic acid groups (broad SMARTS) is 1. The molecule has 1 atom stereocenters. The van der Waals surface area contributed by atoms with E-state index in [1.54, 1.807) is 0 Å². The Morgan fingerprint density at radius 3 is 2.48 bits per heavy atom. The summed E-state index contributed by atoms with van der Waals surface area (Å²) in [6.07, 6.45) is 4.82. The van der Waals surface area contributed by atoms with E-state index < -0.39 is 5.97 Å². The maximum absolute atomic E-state index is 11.8. The molecule has 0 bridgehead atoms. The number of hydrogen-bond acceptors (Lipinski definition) is 2. The minimum Gasteiger partial charge on any atom is -0.481 e. The normalized spacial score (nSPS) is 21.0. The first-order valence-electron chi connectivity index (χ1n) is 7.86. The Morgan fingerprint density at radius 2 is 1.95 bits per heavy atom. The number of amides is 2. The molecule has 1 saturated carbocycles. The van der Waals surface area contributed by atoms with Crippen molar-refractivity contribution < 1.29 is 14.7 Å². The molecule has 0 radical (unpaired) electrons. The molecule has 5 heteroatoms. The SMILES string of the molecule is CC(C)(CCNC(=O)NC1CCC(C)(C)C1)CCC(=O)O. The molecule has 5 nitrogen and oxygen atoms in total. The number of urea groups is 1. The maximum atomic E-state index is 11.8. The molecule has 0 spiro atoms. The van der Waals surface area contributed by atoms with Crippen LogP contribution in [0.25, 0.3) is 0 Å². The zero-order chi connectivity index (χ0) is 16.1. The second kappa shape index (κ2) is 7.14. The number of carbonyl (C=O) groups is 2. The van der Waals surface area contributed by atoms with Crippen molar-refractivity contribution in [3.8, 4) is 0 Å². The summed E-state index contributed by atoms with van der Waals surface area (Å²) >= 11 is 0. The number of nitrogens with one attached hydrogen (secondary N) is 2. The monoisotopic (exact) mass is 298 g/mol. The topological polar surface area (TPSA) is 78.4 Å². The highest BCUT2D eigenvalue weighted by molar-refractivity contribution is 5.74. The first-order chi connectivity index (χ1) is 9.60. The Labute approximate surface area is 127 Å². The van der Waals surface area contributed by atoms with Crippen molar-refractivity contribution >= 4 is 12.0 Å². The Kier molecular flexibility index (Phi) is 6.05. The molecule has 0 aromatic carbocycles. The van der Waals surface area contributed by atoms with Crippen molar-refractivity contribution in [1.29, 1.82) is 0 Å². The molecule has 1 aliphatic rings. The molecule has 2 amide bonds. The van der Waals surface area contributed by atoms with Crippen LogP contribution < -0.4 is 10.6 Å². The zero-order valence-electron chi connectivity index (χ0n) is 13.8. The lowest BCUT2D eigenvalue weighted by molar-refractivity contribution is -0.137. The summed E-state index contributed by atoms with van der Waals surface area (Å²) in [5, 5.41) is 14.6. The van der Waals surface area contributed by atoms with Gasteiger partial charge in [0, 0.05) is 19.0 Å². The molecule has 0 saturated heterocycles. The lowest BCUT2D eigenvalue weighted by Crippen LogP contribution is -2.42. The number of rotatable bonds is 7. The van der Waals surface area contributed by atoms with Gasteiger partial charge in [-0.15, -0.1) is 0 Å². The van der Waals surface area contributed by atoms with Crippen LogP contribution in [-0.2, 0) is 4.79 Å². The van der Waals surface area contributed by atoms with Crippen LogP contribution in [0.2, 0.25) is 0 Å². The van der Waals surface area contributed by atoms with Crippen molar-refractivity contribution in [3.63, 3.8) is 0 Å². The van der Waals surface area contributed by atoms with Gasteiger partial charge >= 0.3 is 12.0 Å². The minimum absolute atomic E-state index is 0.0684. The van der Waals surface area contributed by atoms with Crippen LogP contribution in [0, 0.1) is 10.8 Å². The quantitative estimate of drug-likeness (QED) is 0.675. The maximum Gasteiger partial charge on any atom is 0.315 e. The molecule has 21 heavy (non-hydrogen) atoms. The van der Waals surface area contributed by atoms with Crippen molar-refractivity contribution in [2.75, 3.05) is 6.54 Å². The van der Waals surface area contributed by atoms with E-state index in [1.165, 1.54) is 0 Å². The molecular formula is C16H30N2O3. The Hall–Kier alpha value is -1.26. The van der Waals surface area contributed by atoms with Crippen molar-refractivity contribution in [2.45, 2.75) is 72.3 Å². The average molecular weight is 298 g/mol. The highest BCUT2D eigenvalue weighted by atomic mass is 16.4. The summed E-state index contributed by atoms with van der Waals surface area (Å²) in [4.78, 5) is 22.4. The number of carboxylic acids is 1. The number of aliphatic carboxylic acids is 1. The van der Waals surface area contributed by atoms with Crippen LogP contribution in [0.1, 0.15) is 66.2 Å². The lowest BCUT2D eigenvalue weighted by Gasteiger charge is -2.24. The van der Waals surface area contributed by atoms with Gasteiger partial charge in [0.05, 0.1) is 0 Å². The summed E-state index contributed by atoms with van der Waals surface area (Å²) < 4.78 is 0. The summed E-state index contributed by atoms with van der Waals surface area (Å²) in [7, 11) is 0. The van der Waals surface area contributed by atoms with Gasteiger partial charge in [0.2, 0.25) is 0 Å². The van der Waals surface area contributed by atoms with Gasteiger partial charge in [0.25, 0.3) is 0 Å². The van der Waals surface area contributed by atoms with E-state index >= 15 is 0 Å². The molecular weight excluding hydrogens is 268 g/mol. The predicted molar refractivity (Wildman–Crippen MR) is 83.2 cm³/mol. The van der Waals surface area contributed by atoms with Gasteiger partial charge in [0.15, 0.2) is 0 Å².